The molecule has 0 aliphatic heterocycles. The summed E-state index contributed by atoms with van der Waals surface area (Å²) in [5, 5.41) is 10.5. The van der Waals surface area contributed by atoms with Crippen LogP contribution in [-0.4, -0.2) is 10.1 Å². The van der Waals surface area contributed by atoms with Gasteiger partial charge in [-0.25, -0.2) is 9.37 Å². The fourth-order valence-electron chi connectivity index (χ4n) is 1.72. The minimum atomic E-state index is -0.773. The molecule has 19 heavy (non-hydrogen) atoms. The first-order valence-corrected chi connectivity index (χ1v) is 6.82. The summed E-state index contributed by atoms with van der Waals surface area (Å²) >= 11 is 1.58. The van der Waals surface area contributed by atoms with Gasteiger partial charge in [0, 0.05) is 10.4 Å². The summed E-state index contributed by atoms with van der Waals surface area (Å²) in [6.07, 6.45) is -0.773. The van der Waals surface area contributed by atoms with Crippen molar-refractivity contribution in [2.75, 3.05) is 0 Å². The highest BCUT2D eigenvalue weighted by Crippen LogP contribution is 2.27. The molecule has 0 radical (unpaired) electrons. The zero-order chi connectivity index (χ0) is 14.0. The smallest absolute Gasteiger partial charge is 0.140 e. The number of aromatic nitrogens is 1. The Labute approximate surface area is 115 Å². The van der Waals surface area contributed by atoms with Crippen LogP contribution in [0.5, 0.6) is 5.75 Å². The molecular formula is C14H16FNO2S. The van der Waals surface area contributed by atoms with E-state index in [1.54, 1.807) is 18.3 Å². The lowest BCUT2D eigenvalue weighted by Crippen LogP contribution is -2.01. The predicted molar refractivity (Wildman–Crippen MR) is 73.0 cm³/mol. The van der Waals surface area contributed by atoms with Crippen LogP contribution in [0, 0.1) is 19.7 Å². The quantitative estimate of drug-likeness (QED) is 0.932. The van der Waals surface area contributed by atoms with Gasteiger partial charge in [-0.3, -0.25) is 0 Å². The molecular weight excluding hydrogens is 265 g/mol. The van der Waals surface area contributed by atoms with Crippen molar-refractivity contribution in [3.05, 3.63) is 45.2 Å². The molecule has 3 nitrogen and oxygen atoms in total. The molecule has 0 saturated carbocycles. The Kier molecular flexibility index (Phi) is 4.17. The van der Waals surface area contributed by atoms with Gasteiger partial charge in [-0.1, -0.05) is 0 Å². The second-order valence-corrected chi connectivity index (χ2v) is 5.68. The van der Waals surface area contributed by atoms with Gasteiger partial charge < -0.3 is 9.84 Å². The monoisotopic (exact) mass is 281 g/mol. The van der Waals surface area contributed by atoms with Crippen LogP contribution in [0.2, 0.25) is 0 Å². The number of aliphatic hydroxyl groups excluding tert-OH is 1. The Bertz CT molecular complexity index is 561. The molecule has 0 unspecified atom stereocenters. The van der Waals surface area contributed by atoms with Crippen molar-refractivity contribution >= 4 is 11.3 Å². The minimum Gasteiger partial charge on any atom is -0.486 e. The van der Waals surface area contributed by atoms with Gasteiger partial charge in [0.25, 0.3) is 0 Å². The fourth-order valence-corrected chi connectivity index (χ4v) is 2.56. The van der Waals surface area contributed by atoms with Crippen molar-refractivity contribution in [2.45, 2.75) is 33.5 Å². The number of aryl methyl sites for hydroxylation is 2. The van der Waals surface area contributed by atoms with Crippen LogP contribution in [0.15, 0.2) is 18.2 Å². The number of ether oxygens (including phenoxy) is 1. The summed E-state index contributed by atoms with van der Waals surface area (Å²) in [6, 6.07) is 4.14. The highest BCUT2D eigenvalue weighted by molar-refractivity contribution is 7.11. The van der Waals surface area contributed by atoms with Crippen molar-refractivity contribution in [1.82, 2.24) is 4.98 Å². The summed E-state index contributed by atoms with van der Waals surface area (Å²) in [6.45, 7) is 5.87. The molecule has 1 N–H and O–H groups in total. The predicted octanol–water partition coefficient (Wildman–Crippen LogP) is 3.53. The lowest BCUT2D eigenvalue weighted by atomic mass is 10.1. The highest BCUT2D eigenvalue weighted by Gasteiger charge is 2.12. The van der Waals surface area contributed by atoms with Crippen LogP contribution in [0.3, 0.4) is 0 Å². The Balaban J connectivity index is 2.15. The maximum Gasteiger partial charge on any atom is 0.140 e. The van der Waals surface area contributed by atoms with E-state index < -0.39 is 6.10 Å². The van der Waals surface area contributed by atoms with E-state index >= 15 is 0 Å². The number of nitrogens with zero attached hydrogens (tertiary/aromatic N) is 1. The van der Waals surface area contributed by atoms with Crippen LogP contribution in [0.25, 0.3) is 0 Å². The van der Waals surface area contributed by atoms with Gasteiger partial charge in [0.05, 0.1) is 11.8 Å². The largest absolute Gasteiger partial charge is 0.486 e. The second kappa shape index (κ2) is 5.67. The topological polar surface area (TPSA) is 42.4 Å². The van der Waals surface area contributed by atoms with E-state index in [1.807, 2.05) is 13.8 Å². The number of hydrogen-bond acceptors (Lipinski definition) is 4. The second-order valence-electron chi connectivity index (χ2n) is 4.40. The Hall–Kier alpha value is -1.46. The normalized spacial score (nSPS) is 12.5. The molecule has 1 aromatic heterocycles. The van der Waals surface area contributed by atoms with E-state index in [0.29, 0.717) is 17.9 Å². The van der Waals surface area contributed by atoms with E-state index in [9.17, 15) is 9.50 Å². The third kappa shape index (κ3) is 3.30. The Morgan fingerprint density at radius 2 is 2.16 bits per heavy atom. The fraction of sp³-hybridized carbons (Fsp3) is 0.357. The van der Waals surface area contributed by atoms with Gasteiger partial charge >= 0.3 is 0 Å². The lowest BCUT2D eigenvalue weighted by molar-refractivity contribution is 0.189. The number of thiazole rings is 1. The summed E-state index contributed by atoms with van der Waals surface area (Å²) in [7, 11) is 0. The third-order valence-electron chi connectivity index (χ3n) is 2.85. The summed E-state index contributed by atoms with van der Waals surface area (Å²) in [4.78, 5) is 5.53. The van der Waals surface area contributed by atoms with E-state index in [0.717, 1.165) is 15.6 Å². The van der Waals surface area contributed by atoms with Gasteiger partial charge in [-0.2, -0.15) is 0 Å². The first-order valence-electron chi connectivity index (χ1n) is 6.00. The summed E-state index contributed by atoms with van der Waals surface area (Å²) < 4.78 is 18.8. The van der Waals surface area contributed by atoms with Gasteiger partial charge in [0.1, 0.15) is 23.2 Å². The molecule has 5 heteroatoms. The van der Waals surface area contributed by atoms with E-state index in [-0.39, 0.29) is 5.82 Å². The minimum absolute atomic E-state index is 0.324. The van der Waals surface area contributed by atoms with Crippen molar-refractivity contribution in [2.24, 2.45) is 0 Å². The SMILES string of the molecule is Cc1nc(COc2ccc(F)cc2[C@H](C)O)sc1C. The summed E-state index contributed by atoms with van der Waals surface area (Å²) in [5.41, 5.74) is 1.45. The van der Waals surface area contributed by atoms with Crippen LogP contribution in [0.4, 0.5) is 4.39 Å². The standard InChI is InChI=1S/C14H16FNO2S/c1-8-10(3)19-14(16-8)7-18-13-5-4-11(15)6-12(13)9(2)17/h4-6,9,17H,7H2,1-3H3/t9-/m0/s1. The maximum absolute atomic E-state index is 13.2. The van der Waals surface area contributed by atoms with Crippen LogP contribution >= 0.6 is 11.3 Å². The van der Waals surface area contributed by atoms with Gasteiger partial charge in [-0.05, 0) is 39.0 Å². The average molecular weight is 281 g/mol. The number of aliphatic hydroxyl groups is 1. The molecule has 1 aromatic carbocycles. The van der Waals surface area contributed by atoms with Crippen molar-refractivity contribution in [3.63, 3.8) is 0 Å². The summed E-state index contributed by atoms with van der Waals surface area (Å²) in [5.74, 6) is 0.103. The molecule has 0 saturated heterocycles. The van der Waals surface area contributed by atoms with Gasteiger partial charge in [0.15, 0.2) is 0 Å². The first kappa shape index (κ1) is 14.0. The number of rotatable bonds is 4. The molecule has 0 amide bonds. The van der Waals surface area contributed by atoms with E-state index in [4.69, 9.17) is 4.74 Å². The molecule has 2 rings (SSSR count). The van der Waals surface area contributed by atoms with E-state index in [1.165, 1.54) is 18.2 Å². The van der Waals surface area contributed by atoms with Gasteiger partial charge in [0.2, 0.25) is 0 Å². The zero-order valence-electron chi connectivity index (χ0n) is 11.1. The number of benzene rings is 1. The lowest BCUT2D eigenvalue weighted by Gasteiger charge is -2.12. The van der Waals surface area contributed by atoms with Crippen molar-refractivity contribution < 1.29 is 14.2 Å². The molecule has 0 spiro atoms. The maximum atomic E-state index is 13.2. The van der Waals surface area contributed by atoms with Crippen LogP contribution in [0.1, 0.15) is 34.2 Å². The molecule has 0 aliphatic carbocycles. The molecule has 1 atom stereocenters. The first-order chi connectivity index (χ1) is 8.97. The molecule has 2 aromatic rings. The number of hydrogen-bond donors (Lipinski definition) is 1. The van der Waals surface area contributed by atoms with Crippen molar-refractivity contribution in [3.8, 4) is 5.75 Å². The molecule has 0 bridgehead atoms. The Morgan fingerprint density at radius 3 is 2.74 bits per heavy atom. The average Bonchev–Trinajstić information content (AvgIpc) is 2.67. The Morgan fingerprint density at radius 1 is 1.42 bits per heavy atom. The third-order valence-corrected chi connectivity index (χ3v) is 3.89. The molecule has 0 aliphatic rings. The van der Waals surface area contributed by atoms with Crippen LogP contribution in [-0.2, 0) is 6.61 Å². The molecule has 102 valence electrons. The van der Waals surface area contributed by atoms with Crippen LogP contribution < -0.4 is 4.74 Å². The highest BCUT2D eigenvalue weighted by atomic mass is 32.1. The number of halogens is 1. The van der Waals surface area contributed by atoms with E-state index in [2.05, 4.69) is 4.98 Å². The molecule has 0 fully saturated rings. The van der Waals surface area contributed by atoms with Crippen molar-refractivity contribution in [1.29, 1.82) is 0 Å². The van der Waals surface area contributed by atoms with Gasteiger partial charge in [-0.15, -0.1) is 11.3 Å². The molecule has 1 heterocycles. The zero-order valence-corrected chi connectivity index (χ0v) is 11.9.